The normalized spacial score (nSPS) is 21.0. The molecule has 7 heteroatoms. The molecule has 7 nitrogen and oxygen atoms in total. The zero-order chi connectivity index (χ0) is 22.6. The number of hydrogen-bond donors (Lipinski definition) is 0. The Hall–Kier alpha value is -3.37. The van der Waals surface area contributed by atoms with Gasteiger partial charge in [0.05, 0.1) is 42.0 Å². The lowest BCUT2D eigenvalue weighted by Gasteiger charge is -2.29. The summed E-state index contributed by atoms with van der Waals surface area (Å²) in [5.74, 6) is 1.33. The van der Waals surface area contributed by atoms with Crippen LogP contribution in [-0.4, -0.2) is 52.8 Å². The van der Waals surface area contributed by atoms with Gasteiger partial charge in [0.2, 0.25) is 0 Å². The van der Waals surface area contributed by atoms with Gasteiger partial charge in [0.1, 0.15) is 11.3 Å². The van der Waals surface area contributed by atoms with E-state index >= 15 is 0 Å². The first kappa shape index (κ1) is 21.5. The van der Waals surface area contributed by atoms with Gasteiger partial charge in [0, 0.05) is 32.0 Å². The number of nitriles is 1. The lowest BCUT2D eigenvalue weighted by atomic mass is 9.87. The van der Waals surface area contributed by atoms with Crippen LogP contribution in [0.4, 0.5) is 0 Å². The molecule has 1 saturated carbocycles. The maximum Gasteiger partial charge on any atom is 0.257 e. The highest BCUT2D eigenvalue weighted by Gasteiger charge is 2.26. The number of hydrogen-bond acceptors (Lipinski definition) is 5. The summed E-state index contributed by atoms with van der Waals surface area (Å²) in [5, 5.41) is 9.09. The van der Waals surface area contributed by atoms with Crippen LogP contribution >= 0.6 is 0 Å². The molecular weight excluding hydrogens is 416 g/mol. The van der Waals surface area contributed by atoms with E-state index in [-0.39, 0.29) is 12.0 Å². The van der Waals surface area contributed by atoms with E-state index in [4.69, 9.17) is 14.7 Å². The number of amides is 1. The first-order valence-corrected chi connectivity index (χ1v) is 11.7. The van der Waals surface area contributed by atoms with Gasteiger partial charge in [-0.2, -0.15) is 5.26 Å². The second-order valence-electron chi connectivity index (χ2n) is 8.87. The number of pyridine rings is 1. The van der Waals surface area contributed by atoms with E-state index in [2.05, 4.69) is 21.7 Å². The zero-order valence-corrected chi connectivity index (χ0v) is 18.7. The second-order valence-corrected chi connectivity index (χ2v) is 8.87. The molecule has 1 aromatic carbocycles. The average Bonchev–Trinajstić information content (AvgIpc) is 3.24. The van der Waals surface area contributed by atoms with Crippen LogP contribution in [0.3, 0.4) is 0 Å². The fourth-order valence-corrected chi connectivity index (χ4v) is 4.91. The highest BCUT2D eigenvalue weighted by molar-refractivity contribution is 6.05. The fourth-order valence-electron chi connectivity index (χ4n) is 4.91. The summed E-state index contributed by atoms with van der Waals surface area (Å²) in [6.45, 7) is 3.29. The number of aromatic nitrogens is 2. The van der Waals surface area contributed by atoms with Gasteiger partial charge < -0.3 is 18.9 Å². The molecule has 1 amide bonds. The van der Waals surface area contributed by atoms with E-state index in [0.29, 0.717) is 43.3 Å². The highest BCUT2D eigenvalue weighted by atomic mass is 16.5. The summed E-state index contributed by atoms with van der Waals surface area (Å²) in [6, 6.07) is 13.5. The maximum absolute atomic E-state index is 13.2. The van der Waals surface area contributed by atoms with Crippen LogP contribution in [0.25, 0.3) is 11.0 Å². The molecule has 1 aliphatic carbocycles. The number of morpholine rings is 1. The molecule has 1 saturated heterocycles. The first-order valence-electron chi connectivity index (χ1n) is 11.7. The fraction of sp³-hybridized carbons (Fsp3) is 0.423. The zero-order valence-electron chi connectivity index (χ0n) is 18.7. The van der Waals surface area contributed by atoms with Gasteiger partial charge in [0.25, 0.3) is 5.91 Å². The van der Waals surface area contributed by atoms with Gasteiger partial charge in [-0.1, -0.05) is 6.07 Å². The van der Waals surface area contributed by atoms with E-state index < -0.39 is 0 Å². The van der Waals surface area contributed by atoms with Gasteiger partial charge in [0.15, 0.2) is 0 Å². The van der Waals surface area contributed by atoms with Crippen molar-refractivity contribution in [3.63, 3.8) is 0 Å². The van der Waals surface area contributed by atoms with Crippen LogP contribution in [0.1, 0.15) is 41.6 Å². The monoisotopic (exact) mass is 444 g/mol. The maximum atomic E-state index is 13.2. The van der Waals surface area contributed by atoms with Gasteiger partial charge in [-0.15, -0.1) is 0 Å². The van der Waals surface area contributed by atoms with Crippen molar-refractivity contribution >= 4 is 16.9 Å². The lowest BCUT2D eigenvalue weighted by molar-refractivity contribution is 0.0304. The molecule has 0 radical (unpaired) electrons. The molecular formula is C26H28N4O3. The minimum Gasteiger partial charge on any atom is -0.490 e. The van der Waals surface area contributed by atoms with Gasteiger partial charge in [-0.05, 0) is 61.9 Å². The molecule has 170 valence electrons. The van der Waals surface area contributed by atoms with E-state index in [9.17, 15) is 4.79 Å². The Bertz CT molecular complexity index is 1170. The molecule has 2 aromatic heterocycles. The number of fused-ring (bicyclic) bond motifs is 1. The van der Waals surface area contributed by atoms with Crippen molar-refractivity contribution in [1.29, 1.82) is 5.26 Å². The number of carbonyl (C=O) groups is 1. The minimum atomic E-state index is 0.0393. The topological polar surface area (TPSA) is 80.4 Å². The molecule has 1 aliphatic heterocycles. The Morgan fingerprint density at radius 3 is 2.76 bits per heavy atom. The Kier molecular flexibility index (Phi) is 6.27. The van der Waals surface area contributed by atoms with Crippen LogP contribution in [0.2, 0.25) is 0 Å². The summed E-state index contributed by atoms with van der Waals surface area (Å²) in [5.41, 5.74) is 3.10. The summed E-state index contributed by atoms with van der Waals surface area (Å²) in [4.78, 5) is 19.6. The Balaban J connectivity index is 1.25. The second kappa shape index (κ2) is 9.63. The third kappa shape index (κ3) is 4.71. The Morgan fingerprint density at radius 1 is 1.15 bits per heavy atom. The number of benzene rings is 1. The molecule has 0 atom stereocenters. The summed E-state index contributed by atoms with van der Waals surface area (Å²) >= 11 is 0. The first-order chi connectivity index (χ1) is 16.2. The van der Waals surface area contributed by atoms with Crippen molar-refractivity contribution in [1.82, 2.24) is 14.5 Å². The minimum absolute atomic E-state index is 0.0393. The van der Waals surface area contributed by atoms with Gasteiger partial charge in [-0.25, -0.2) is 0 Å². The molecule has 0 bridgehead atoms. The molecule has 0 unspecified atom stereocenters. The Morgan fingerprint density at radius 2 is 1.97 bits per heavy atom. The van der Waals surface area contributed by atoms with Crippen molar-refractivity contribution in [2.75, 3.05) is 26.3 Å². The molecule has 33 heavy (non-hydrogen) atoms. The molecule has 5 rings (SSSR count). The van der Waals surface area contributed by atoms with Crippen LogP contribution < -0.4 is 4.74 Å². The lowest BCUT2D eigenvalue weighted by Crippen LogP contribution is -2.40. The summed E-state index contributed by atoms with van der Waals surface area (Å²) in [7, 11) is 0. The van der Waals surface area contributed by atoms with Crippen molar-refractivity contribution in [2.45, 2.75) is 38.3 Å². The Labute approximate surface area is 193 Å². The quantitative estimate of drug-likeness (QED) is 0.594. The van der Waals surface area contributed by atoms with Gasteiger partial charge in [-0.3, -0.25) is 9.78 Å². The molecule has 3 heterocycles. The third-order valence-corrected chi connectivity index (χ3v) is 6.68. The summed E-state index contributed by atoms with van der Waals surface area (Å²) < 4.78 is 13.7. The molecule has 3 aromatic rings. The smallest absolute Gasteiger partial charge is 0.257 e. The van der Waals surface area contributed by atoms with E-state index in [1.807, 2.05) is 29.3 Å². The largest absolute Gasteiger partial charge is 0.490 e. The molecule has 2 aliphatic rings. The van der Waals surface area contributed by atoms with Crippen LogP contribution in [0.5, 0.6) is 5.75 Å². The van der Waals surface area contributed by atoms with Gasteiger partial charge >= 0.3 is 0 Å². The number of carbonyl (C=O) groups excluding carboxylic acids is 1. The van der Waals surface area contributed by atoms with Crippen molar-refractivity contribution in [3.8, 4) is 11.8 Å². The highest BCUT2D eigenvalue weighted by Crippen LogP contribution is 2.31. The van der Waals surface area contributed by atoms with Crippen LogP contribution in [0, 0.1) is 17.2 Å². The van der Waals surface area contributed by atoms with E-state index in [0.717, 1.165) is 49.0 Å². The van der Waals surface area contributed by atoms with Crippen LogP contribution in [-0.2, 0) is 11.3 Å². The van der Waals surface area contributed by atoms with Crippen molar-refractivity contribution in [2.24, 2.45) is 5.92 Å². The third-order valence-electron chi connectivity index (χ3n) is 6.68. The predicted molar refractivity (Wildman–Crippen MR) is 124 cm³/mol. The number of ether oxygens (including phenoxy) is 2. The standard InChI is InChI=1S/C26H28N4O3/c27-16-20-3-1-4-22(15-20)33-21-8-6-19(7-9-21)17-30-18-23(25-24(30)5-2-10-28-25)26(31)29-11-13-32-14-12-29/h1-5,10,15,18-19,21H,6-9,11-14,17H2. The number of nitrogens with zero attached hydrogens (tertiary/aromatic N) is 4. The average molecular weight is 445 g/mol. The SMILES string of the molecule is N#Cc1cccc(OC2CCC(Cn3cc(C(=O)N4CCOCC4)c4ncccc43)CC2)c1. The summed E-state index contributed by atoms with van der Waals surface area (Å²) in [6.07, 6.45) is 8.02. The van der Waals surface area contributed by atoms with E-state index in [1.54, 1.807) is 18.3 Å². The number of rotatable bonds is 5. The molecule has 0 N–H and O–H groups in total. The molecule has 2 fully saturated rings. The van der Waals surface area contributed by atoms with Crippen molar-refractivity contribution < 1.29 is 14.3 Å². The predicted octanol–water partition coefficient (Wildman–Crippen LogP) is 4.02. The molecule has 0 spiro atoms. The van der Waals surface area contributed by atoms with Crippen LogP contribution in [0.15, 0.2) is 48.8 Å². The van der Waals surface area contributed by atoms with E-state index in [1.165, 1.54) is 0 Å². The van der Waals surface area contributed by atoms with Crippen molar-refractivity contribution in [3.05, 3.63) is 59.9 Å².